The number of anilines is 1. The van der Waals surface area contributed by atoms with Crippen molar-refractivity contribution in [3.63, 3.8) is 0 Å². The Morgan fingerprint density at radius 1 is 1.58 bits per heavy atom. The summed E-state index contributed by atoms with van der Waals surface area (Å²) in [5.41, 5.74) is 0. The maximum Gasteiger partial charge on any atom is 0.232 e. The van der Waals surface area contributed by atoms with E-state index in [2.05, 4.69) is 22.5 Å². The summed E-state index contributed by atoms with van der Waals surface area (Å²) in [6.45, 7) is 3.96. The zero-order chi connectivity index (χ0) is 13.7. The van der Waals surface area contributed by atoms with Gasteiger partial charge in [0.15, 0.2) is 5.82 Å². The molecule has 1 aromatic heterocycles. The molecule has 1 amide bonds. The summed E-state index contributed by atoms with van der Waals surface area (Å²) in [6.07, 6.45) is 2.62. The molecule has 1 aliphatic heterocycles. The van der Waals surface area contributed by atoms with Gasteiger partial charge in [-0.3, -0.25) is 4.79 Å². The largest absolute Gasteiger partial charge is 0.379 e. The van der Waals surface area contributed by atoms with Crippen LogP contribution in [0.5, 0.6) is 0 Å². The van der Waals surface area contributed by atoms with Gasteiger partial charge in [0.05, 0.1) is 24.2 Å². The molecule has 2 unspecified atom stereocenters. The zero-order valence-corrected chi connectivity index (χ0v) is 11.6. The lowest BCUT2D eigenvalue weighted by Crippen LogP contribution is -2.41. The number of halogens is 1. The normalized spacial score (nSPS) is 22.4. The monoisotopic (exact) mass is 283 g/mol. The average Bonchev–Trinajstić information content (AvgIpc) is 2.87. The second kappa shape index (κ2) is 6.84. The van der Waals surface area contributed by atoms with E-state index < -0.39 is 0 Å². The minimum absolute atomic E-state index is 0.0578. The van der Waals surface area contributed by atoms with Crippen molar-refractivity contribution in [3.8, 4) is 0 Å². The number of hydrogen-bond donors (Lipinski definition) is 2. The molecule has 2 heterocycles. The zero-order valence-electron chi connectivity index (χ0n) is 10.9. The minimum atomic E-state index is -0.204. The van der Waals surface area contributed by atoms with E-state index in [0.717, 1.165) is 13.0 Å². The van der Waals surface area contributed by atoms with Gasteiger partial charge < -0.3 is 15.4 Å². The Labute approximate surface area is 117 Å². The van der Waals surface area contributed by atoms with Crippen LogP contribution >= 0.6 is 11.6 Å². The van der Waals surface area contributed by atoms with Gasteiger partial charge in [-0.2, -0.15) is 0 Å². The molecular formula is C13H18ClN3O2. The summed E-state index contributed by atoms with van der Waals surface area (Å²) >= 11 is 5.97. The van der Waals surface area contributed by atoms with Crippen LogP contribution in [0.2, 0.25) is 5.02 Å². The van der Waals surface area contributed by atoms with Gasteiger partial charge in [0.25, 0.3) is 0 Å². The van der Waals surface area contributed by atoms with Gasteiger partial charge >= 0.3 is 0 Å². The summed E-state index contributed by atoms with van der Waals surface area (Å²) in [4.78, 5) is 16.3. The van der Waals surface area contributed by atoms with Gasteiger partial charge in [-0.05, 0) is 25.1 Å². The lowest BCUT2D eigenvalue weighted by atomic mass is 10.0. The Balaban J connectivity index is 1.97. The quantitative estimate of drug-likeness (QED) is 0.863. The van der Waals surface area contributed by atoms with E-state index in [-0.39, 0.29) is 17.9 Å². The number of hydrogen-bond acceptors (Lipinski definition) is 4. The third-order valence-electron chi connectivity index (χ3n) is 3.07. The molecule has 2 rings (SSSR count). The highest BCUT2D eigenvalue weighted by Crippen LogP contribution is 2.20. The van der Waals surface area contributed by atoms with Crippen LogP contribution in [0, 0.1) is 5.92 Å². The number of nitrogens with zero attached hydrogens (tertiary/aromatic N) is 1. The Kier molecular flexibility index (Phi) is 5.13. The Bertz CT molecular complexity index is 442. The molecular weight excluding hydrogens is 266 g/mol. The fraction of sp³-hybridized carbons (Fsp3) is 0.538. The van der Waals surface area contributed by atoms with Gasteiger partial charge in [-0.25, -0.2) is 4.98 Å². The fourth-order valence-electron chi connectivity index (χ4n) is 2.03. The van der Waals surface area contributed by atoms with Crippen LogP contribution in [0.25, 0.3) is 0 Å². The standard InChI is InChI=1S/C13H18ClN3O2/c1-2-5-15-11-8-19-7-9(11)13(18)17-12-10(14)4-3-6-16-12/h3-4,6,9,11,15H,2,5,7-8H2,1H3,(H,16,17,18). The van der Waals surface area contributed by atoms with Gasteiger partial charge in [-0.1, -0.05) is 18.5 Å². The van der Waals surface area contributed by atoms with Crippen molar-refractivity contribution in [3.05, 3.63) is 23.4 Å². The summed E-state index contributed by atoms with van der Waals surface area (Å²) in [7, 11) is 0. The van der Waals surface area contributed by atoms with Gasteiger partial charge in [0.1, 0.15) is 0 Å². The van der Waals surface area contributed by atoms with E-state index in [4.69, 9.17) is 16.3 Å². The molecule has 1 aromatic rings. The van der Waals surface area contributed by atoms with E-state index in [1.165, 1.54) is 0 Å². The number of ether oxygens (including phenoxy) is 1. The number of carbonyl (C=O) groups excluding carboxylic acids is 1. The molecule has 0 saturated carbocycles. The van der Waals surface area contributed by atoms with Crippen LogP contribution in [-0.2, 0) is 9.53 Å². The maximum absolute atomic E-state index is 12.2. The van der Waals surface area contributed by atoms with Crippen molar-refractivity contribution < 1.29 is 9.53 Å². The summed E-state index contributed by atoms with van der Waals surface area (Å²) < 4.78 is 5.38. The third-order valence-corrected chi connectivity index (χ3v) is 3.38. The molecule has 0 radical (unpaired) electrons. The molecule has 19 heavy (non-hydrogen) atoms. The molecule has 0 bridgehead atoms. The topological polar surface area (TPSA) is 63.2 Å². The Morgan fingerprint density at radius 3 is 3.16 bits per heavy atom. The fourth-order valence-corrected chi connectivity index (χ4v) is 2.20. The Hall–Kier alpha value is -1.17. The lowest BCUT2D eigenvalue weighted by Gasteiger charge is -2.18. The predicted octanol–water partition coefficient (Wildman–Crippen LogP) is 1.69. The van der Waals surface area contributed by atoms with Crippen LogP contribution in [0.15, 0.2) is 18.3 Å². The Morgan fingerprint density at radius 2 is 2.42 bits per heavy atom. The van der Waals surface area contributed by atoms with Crippen LogP contribution in [0.4, 0.5) is 5.82 Å². The van der Waals surface area contributed by atoms with Crippen LogP contribution in [0.1, 0.15) is 13.3 Å². The first-order valence-electron chi connectivity index (χ1n) is 6.45. The highest BCUT2D eigenvalue weighted by atomic mass is 35.5. The predicted molar refractivity (Wildman–Crippen MR) is 74.3 cm³/mol. The van der Waals surface area contributed by atoms with Crippen molar-refractivity contribution >= 4 is 23.3 Å². The van der Waals surface area contributed by atoms with E-state index in [0.29, 0.717) is 24.1 Å². The van der Waals surface area contributed by atoms with Crippen molar-refractivity contribution in [1.29, 1.82) is 0 Å². The molecule has 6 heteroatoms. The average molecular weight is 284 g/mol. The summed E-state index contributed by atoms with van der Waals surface area (Å²) in [5, 5.41) is 6.52. The smallest absolute Gasteiger partial charge is 0.232 e. The molecule has 104 valence electrons. The summed E-state index contributed by atoms with van der Waals surface area (Å²) in [6, 6.07) is 3.48. The molecule has 5 nitrogen and oxygen atoms in total. The van der Waals surface area contributed by atoms with E-state index >= 15 is 0 Å². The van der Waals surface area contributed by atoms with Crippen molar-refractivity contribution in [2.24, 2.45) is 5.92 Å². The van der Waals surface area contributed by atoms with Gasteiger partial charge in [0.2, 0.25) is 5.91 Å². The van der Waals surface area contributed by atoms with E-state index in [1.54, 1.807) is 18.3 Å². The van der Waals surface area contributed by atoms with Crippen LogP contribution < -0.4 is 10.6 Å². The van der Waals surface area contributed by atoms with E-state index in [1.807, 2.05) is 0 Å². The number of aromatic nitrogens is 1. The van der Waals surface area contributed by atoms with Gasteiger partial charge in [0, 0.05) is 12.2 Å². The molecule has 2 atom stereocenters. The number of rotatable bonds is 5. The molecule has 0 aliphatic carbocycles. The van der Waals surface area contributed by atoms with E-state index in [9.17, 15) is 4.79 Å². The molecule has 0 aromatic carbocycles. The van der Waals surface area contributed by atoms with Crippen molar-refractivity contribution in [2.45, 2.75) is 19.4 Å². The van der Waals surface area contributed by atoms with Crippen molar-refractivity contribution in [1.82, 2.24) is 10.3 Å². The second-order valence-corrected chi connectivity index (χ2v) is 4.93. The minimum Gasteiger partial charge on any atom is -0.379 e. The maximum atomic E-state index is 12.2. The third kappa shape index (κ3) is 3.65. The van der Waals surface area contributed by atoms with Crippen molar-refractivity contribution in [2.75, 3.05) is 25.1 Å². The SMILES string of the molecule is CCCNC1COCC1C(=O)Nc1ncccc1Cl. The first kappa shape index (κ1) is 14.2. The number of pyridine rings is 1. The molecule has 1 aliphatic rings. The molecule has 0 spiro atoms. The van der Waals surface area contributed by atoms with Crippen LogP contribution in [-0.4, -0.2) is 36.7 Å². The number of carbonyl (C=O) groups is 1. The van der Waals surface area contributed by atoms with Gasteiger partial charge in [-0.15, -0.1) is 0 Å². The first-order valence-corrected chi connectivity index (χ1v) is 6.82. The number of nitrogens with one attached hydrogen (secondary N) is 2. The highest BCUT2D eigenvalue weighted by Gasteiger charge is 2.33. The number of amides is 1. The molecule has 1 saturated heterocycles. The first-order chi connectivity index (χ1) is 9.22. The molecule has 2 N–H and O–H groups in total. The lowest BCUT2D eigenvalue weighted by molar-refractivity contribution is -0.120. The second-order valence-electron chi connectivity index (χ2n) is 4.53. The summed E-state index contributed by atoms with van der Waals surface area (Å²) in [5.74, 6) is 0.0895. The van der Waals surface area contributed by atoms with Crippen LogP contribution in [0.3, 0.4) is 0 Å². The highest BCUT2D eigenvalue weighted by molar-refractivity contribution is 6.33. The molecule has 1 fully saturated rings.